The lowest BCUT2D eigenvalue weighted by Crippen LogP contribution is -2.52. The smallest absolute Gasteiger partial charge is 0.244 e. The molecule has 1 aliphatic carbocycles. The fraction of sp³-hybridized carbons (Fsp3) is 0.462. The lowest BCUT2D eigenvalue weighted by Gasteiger charge is -2.33. The molecule has 1 unspecified atom stereocenters. The van der Waals surface area contributed by atoms with E-state index >= 15 is 0 Å². The maximum absolute atomic E-state index is 13.7. The van der Waals surface area contributed by atoms with Crippen molar-refractivity contribution in [3.63, 3.8) is 0 Å². The van der Waals surface area contributed by atoms with Gasteiger partial charge in [-0.15, -0.1) is 0 Å². The first kappa shape index (κ1) is 29.1. The van der Waals surface area contributed by atoms with E-state index in [1.165, 1.54) is 23.1 Å². The van der Waals surface area contributed by atoms with Gasteiger partial charge in [-0.3, -0.25) is 13.9 Å². The molecule has 0 bridgehead atoms. The van der Waals surface area contributed by atoms with Crippen molar-refractivity contribution in [3.05, 3.63) is 58.1 Å². The second-order valence-electron chi connectivity index (χ2n) is 9.29. The predicted octanol–water partition coefficient (Wildman–Crippen LogP) is 4.63. The molecule has 0 aliphatic heterocycles. The van der Waals surface area contributed by atoms with Crippen LogP contribution in [0.25, 0.3) is 0 Å². The minimum atomic E-state index is -3.88. The molecule has 2 aromatic rings. The number of amides is 2. The molecule has 1 saturated carbocycles. The van der Waals surface area contributed by atoms with Crippen molar-refractivity contribution in [1.82, 2.24) is 10.2 Å². The van der Waals surface area contributed by atoms with E-state index in [4.69, 9.17) is 27.9 Å². The minimum Gasteiger partial charge on any atom is -0.497 e. The Kier molecular flexibility index (Phi) is 10.1. The van der Waals surface area contributed by atoms with E-state index in [0.29, 0.717) is 5.75 Å². The molecule has 0 aromatic heterocycles. The van der Waals surface area contributed by atoms with Gasteiger partial charge in [-0.2, -0.15) is 0 Å². The standard InChI is InChI=1S/C26H33Cl2N3O5S/c1-18(26(33)29-22-7-5-4-6-8-22)30(16-19-9-11-24(36-2)12-10-19)25(32)17-31(37(3,34)35)23-14-20(27)13-21(28)15-23/h9-15,18,22H,4-8,16-17H2,1-3H3,(H,29,33). The van der Waals surface area contributed by atoms with E-state index in [0.717, 1.165) is 48.2 Å². The maximum Gasteiger partial charge on any atom is 0.244 e. The number of hydrogen-bond acceptors (Lipinski definition) is 5. The summed E-state index contributed by atoms with van der Waals surface area (Å²) in [4.78, 5) is 28.2. The van der Waals surface area contributed by atoms with Crippen molar-refractivity contribution in [2.45, 2.75) is 57.7 Å². The van der Waals surface area contributed by atoms with Gasteiger partial charge in [0.1, 0.15) is 18.3 Å². The second kappa shape index (κ2) is 12.8. The summed E-state index contributed by atoms with van der Waals surface area (Å²) in [6.45, 7) is 1.24. The summed E-state index contributed by atoms with van der Waals surface area (Å²) >= 11 is 12.2. The Hall–Kier alpha value is -2.49. The van der Waals surface area contributed by atoms with Crippen LogP contribution in [-0.4, -0.2) is 57.1 Å². The van der Waals surface area contributed by atoms with Crippen LogP contribution >= 0.6 is 23.2 Å². The van der Waals surface area contributed by atoms with E-state index < -0.39 is 28.5 Å². The highest BCUT2D eigenvalue weighted by atomic mass is 35.5. The molecule has 202 valence electrons. The molecule has 11 heteroatoms. The summed E-state index contributed by atoms with van der Waals surface area (Å²) < 4.78 is 31.5. The Balaban J connectivity index is 1.89. The Morgan fingerprint density at radius 3 is 2.19 bits per heavy atom. The van der Waals surface area contributed by atoms with Gasteiger partial charge in [0.2, 0.25) is 21.8 Å². The van der Waals surface area contributed by atoms with Gasteiger partial charge in [0.15, 0.2) is 0 Å². The van der Waals surface area contributed by atoms with Gasteiger partial charge < -0.3 is 15.0 Å². The number of ether oxygens (including phenoxy) is 1. The Bertz CT molecular complexity index is 1180. The average molecular weight is 571 g/mol. The van der Waals surface area contributed by atoms with Crippen LogP contribution in [0.5, 0.6) is 5.75 Å². The first-order valence-electron chi connectivity index (χ1n) is 12.1. The lowest BCUT2D eigenvalue weighted by atomic mass is 9.95. The zero-order chi connectivity index (χ0) is 27.2. The number of methoxy groups -OCH3 is 1. The third kappa shape index (κ3) is 8.25. The van der Waals surface area contributed by atoms with Crippen LogP contribution in [0.3, 0.4) is 0 Å². The van der Waals surface area contributed by atoms with Gasteiger partial charge in [-0.1, -0.05) is 54.6 Å². The largest absolute Gasteiger partial charge is 0.497 e. The zero-order valence-corrected chi connectivity index (χ0v) is 23.6. The van der Waals surface area contributed by atoms with Gasteiger partial charge >= 0.3 is 0 Å². The summed E-state index contributed by atoms with van der Waals surface area (Å²) in [7, 11) is -2.32. The summed E-state index contributed by atoms with van der Waals surface area (Å²) in [5.41, 5.74) is 0.931. The number of nitrogens with one attached hydrogen (secondary N) is 1. The molecule has 3 rings (SSSR count). The molecule has 0 spiro atoms. The van der Waals surface area contributed by atoms with Crippen molar-refractivity contribution < 1.29 is 22.7 Å². The number of hydrogen-bond donors (Lipinski definition) is 1. The van der Waals surface area contributed by atoms with E-state index in [1.807, 2.05) is 0 Å². The molecule has 1 fully saturated rings. The summed E-state index contributed by atoms with van der Waals surface area (Å²) in [5, 5.41) is 3.54. The third-order valence-electron chi connectivity index (χ3n) is 6.45. The number of carbonyl (C=O) groups is 2. The molecule has 1 atom stereocenters. The fourth-order valence-corrected chi connectivity index (χ4v) is 5.72. The van der Waals surface area contributed by atoms with Gasteiger partial charge in [0, 0.05) is 22.6 Å². The van der Waals surface area contributed by atoms with Gasteiger partial charge in [0.05, 0.1) is 19.1 Å². The summed E-state index contributed by atoms with van der Waals surface area (Å²) in [6, 6.07) is 10.7. The maximum atomic E-state index is 13.7. The van der Waals surface area contributed by atoms with Crippen LogP contribution in [-0.2, 0) is 26.2 Å². The van der Waals surface area contributed by atoms with E-state index in [9.17, 15) is 18.0 Å². The van der Waals surface area contributed by atoms with Crippen LogP contribution in [0.1, 0.15) is 44.6 Å². The molecule has 8 nitrogen and oxygen atoms in total. The van der Waals surface area contributed by atoms with Crippen molar-refractivity contribution in [2.24, 2.45) is 0 Å². The molecular weight excluding hydrogens is 537 g/mol. The van der Waals surface area contributed by atoms with Gasteiger partial charge in [-0.25, -0.2) is 8.42 Å². The first-order chi connectivity index (χ1) is 17.5. The van der Waals surface area contributed by atoms with E-state index in [1.54, 1.807) is 38.3 Å². The van der Waals surface area contributed by atoms with Crippen molar-refractivity contribution >= 4 is 50.7 Å². The van der Waals surface area contributed by atoms with E-state index in [-0.39, 0.29) is 34.2 Å². The van der Waals surface area contributed by atoms with Crippen LogP contribution in [0, 0.1) is 0 Å². The number of carbonyl (C=O) groups excluding carboxylic acids is 2. The van der Waals surface area contributed by atoms with Gasteiger partial charge in [0.25, 0.3) is 0 Å². The monoisotopic (exact) mass is 569 g/mol. The highest BCUT2D eigenvalue weighted by molar-refractivity contribution is 7.92. The van der Waals surface area contributed by atoms with Crippen LogP contribution in [0.15, 0.2) is 42.5 Å². The third-order valence-corrected chi connectivity index (χ3v) is 8.02. The SMILES string of the molecule is COc1ccc(CN(C(=O)CN(c2cc(Cl)cc(Cl)c2)S(C)(=O)=O)C(C)C(=O)NC2CCCCC2)cc1. The lowest BCUT2D eigenvalue weighted by molar-refractivity contribution is -0.139. The van der Waals surface area contributed by atoms with E-state index in [2.05, 4.69) is 5.32 Å². The average Bonchev–Trinajstić information content (AvgIpc) is 2.85. The Morgan fingerprint density at radius 2 is 1.65 bits per heavy atom. The second-order valence-corrected chi connectivity index (χ2v) is 12.1. The van der Waals surface area contributed by atoms with Crippen molar-refractivity contribution in [1.29, 1.82) is 0 Å². The zero-order valence-electron chi connectivity index (χ0n) is 21.2. The van der Waals surface area contributed by atoms with Crippen LogP contribution in [0.2, 0.25) is 10.0 Å². The number of sulfonamides is 1. The van der Waals surface area contributed by atoms with Crippen LogP contribution < -0.4 is 14.4 Å². The first-order valence-corrected chi connectivity index (χ1v) is 14.7. The highest BCUT2D eigenvalue weighted by Crippen LogP contribution is 2.27. The molecule has 1 N–H and O–H groups in total. The highest BCUT2D eigenvalue weighted by Gasteiger charge is 2.31. The molecule has 0 heterocycles. The molecule has 2 amide bonds. The normalized spacial score (nSPS) is 15.1. The number of benzene rings is 2. The summed E-state index contributed by atoms with van der Waals surface area (Å²) in [5.74, 6) is -0.153. The number of rotatable bonds is 10. The Labute approximate surface area is 228 Å². The van der Waals surface area contributed by atoms with Crippen molar-refractivity contribution in [3.8, 4) is 5.75 Å². The molecule has 37 heavy (non-hydrogen) atoms. The molecule has 0 saturated heterocycles. The van der Waals surface area contributed by atoms with Crippen molar-refractivity contribution in [2.75, 3.05) is 24.2 Å². The number of nitrogens with zero attached hydrogens (tertiary/aromatic N) is 2. The fourth-order valence-electron chi connectivity index (χ4n) is 4.38. The molecule has 2 aromatic carbocycles. The quantitative estimate of drug-likeness (QED) is 0.449. The topological polar surface area (TPSA) is 96.0 Å². The van der Waals surface area contributed by atoms with Crippen LogP contribution in [0.4, 0.5) is 5.69 Å². The minimum absolute atomic E-state index is 0.0720. The number of anilines is 1. The molecule has 0 radical (unpaired) electrons. The molecule has 1 aliphatic rings. The predicted molar refractivity (Wildman–Crippen MR) is 147 cm³/mol. The molecular formula is C26H33Cl2N3O5S. The van der Waals surface area contributed by atoms with Gasteiger partial charge in [-0.05, 0) is 55.7 Å². The Morgan fingerprint density at radius 1 is 1.05 bits per heavy atom. The summed E-state index contributed by atoms with van der Waals surface area (Å²) in [6.07, 6.45) is 6.07. The number of halogens is 2.